The Kier molecular flexibility index (Phi) is 9.23. The number of non-ortho nitro benzene ring substituents is 1. The Morgan fingerprint density at radius 1 is 1.28 bits per heavy atom. The molecule has 140 valence electrons. The van der Waals surface area contributed by atoms with Gasteiger partial charge in [0.15, 0.2) is 0 Å². The molecule has 1 aliphatic heterocycles. The number of nitrogens with one attached hydrogen (secondary N) is 2. The van der Waals surface area contributed by atoms with Crippen LogP contribution in [0.15, 0.2) is 24.3 Å². The van der Waals surface area contributed by atoms with Crippen molar-refractivity contribution in [3.63, 3.8) is 0 Å². The summed E-state index contributed by atoms with van der Waals surface area (Å²) in [5, 5.41) is 17.0. The molecule has 0 aromatic heterocycles. The molecule has 1 fully saturated rings. The van der Waals surface area contributed by atoms with Gasteiger partial charge in [-0.1, -0.05) is 0 Å². The summed E-state index contributed by atoms with van der Waals surface area (Å²) in [4.78, 5) is 24.4. The highest BCUT2D eigenvalue weighted by molar-refractivity contribution is 5.85. The number of halogens is 1. The van der Waals surface area contributed by atoms with Gasteiger partial charge in [-0.25, -0.2) is 0 Å². The maximum Gasteiger partial charge on any atom is 0.269 e. The fourth-order valence-corrected chi connectivity index (χ4v) is 3.01. The number of benzene rings is 1. The molecule has 0 aliphatic carbocycles. The van der Waals surface area contributed by atoms with Gasteiger partial charge in [-0.2, -0.15) is 0 Å². The number of rotatable bonds is 8. The van der Waals surface area contributed by atoms with Gasteiger partial charge in [0.1, 0.15) is 0 Å². The first-order valence-electron chi connectivity index (χ1n) is 8.51. The fraction of sp³-hybridized carbons (Fsp3) is 0.588. The number of hydrogen-bond donors (Lipinski definition) is 2. The van der Waals surface area contributed by atoms with E-state index in [1.165, 1.54) is 12.1 Å². The summed E-state index contributed by atoms with van der Waals surface area (Å²) in [6.07, 6.45) is 3.45. The van der Waals surface area contributed by atoms with E-state index in [1.54, 1.807) is 12.1 Å². The number of anilines is 1. The molecule has 0 spiro atoms. The van der Waals surface area contributed by atoms with Crippen molar-refractivity contribution < 1.29 is 9.72 Å². The Bertz CT molecular complexity index is 545. The first-order valence-corrected chi connectivity index (χ1v) is 8.51. The minimum absolute atomic E-state index is 0. The van der Waals surface area contributed by atoms with Crippen LogP contribution in [-0.2, 0) is 4.79 Å². The number of nitrogens with zero attached hydrogens (tertiary/aromatic N) is 2. The van der Waals surface area contributed by atoms with Crippen molar-refractivity contribution in [2.75, 3.05) is 38.5 Å². The van der Waals surface area contributed by atoms with Gasteiger partial charge in [0, 0.05) is 43.9 Å². The summed E-state index contributed by atoms with van der Waals surface area (Å²) < 4.78 is 0. The van der Waals surface area contributed by atoms with Crippen LogP contribution in [-0.4, -0.2) is 49.0 Å². The third-order valence-corrected chi connectivity index (χ3v) is 4.43. The largest absolute Gasteiger partial charge is 0.385 e. The first kappa shape index (κ1) is 21.2. The second-order valence-corrected chi connectivity index (χ2v) is 6.22. The molecule has 1 aromatic carbocycles. The summed E-state index contributed by atoms with van der Waals surface area (Å²) in [7, 11) is 1.97. The smallest absolute Gasteiger partial charge is 0.269 e. The number of nitro benzene ring substituents is 1. The average Bonchev–Trinajstić information content (AvgIpc) is 2.60. The van der Waals surface area contributed by atoms with Gasteiger partial charge in [-0.3, -0.25) is 14.9 Å². The molecule has 0 unspecified atom stereocenters. The SMILES string of the molecule is CNCC1CCN(C(=O)CCCNc2ccc([N+](=O)[O-])cc2)CC1.Cl. The van der Waals surface area contributed by atoms with Crippen molar-refractivity contribution in [3.05, 3.63) is 34.4 Å². The van der Waals surface area contributed by atoms with Crippen molar-refractivity contribution in [1.29, 1.82) is 0 Å². The molecule has 2 rings (SSSR count). The molecule has 0 bridgehead atoms. The van der Waals surface area contributed by atoms with Gasteiger partial charge in [-0.05, 0) is 50.9 Å². The summed E-state index contributed by atoms with van der Waals surface area (Å²) in [5.41, 5.74) is 0.915. The van der Waals surface area contributed by atoms with Crippen LogP contribution in [0.2, 0.25) is 0 Å². The van der Waals surface area contributed by atoms with Crippen molar-refractivity contribution in [2.45, 2.75) is 25.7 Å². The van der Waals surface area contributed by atoms with E-state index in [-0.39, 0.29) is 24.0 Å². The molecule has 0 saturated carbocycles. The molecule has 0 radical (unpaired) electrons. The third kappa shape index (κ3) is 6.88. The van der Waals surface area contributed by atoms with Crippen molar-refractivity contribution in [3.8, 4) is 0 Å². The fourth-order valence-electron chi connectivity index (χ4n) is 3.01. The van der Waals surface area contributed by atoms with Crippen LogP contribution in [0.4, 0.5) is 11.4 Å². The Morgan fingerprint density at radius 3 is 2.48 bits per heavy atom. The molecule has 1 saturated heterocycles. The van der Waals surface area contributed by atoms with Crippen molar-refractivity contribution >= 4 is 29.7 Å². The second kappa shape index (κ2) is 10.9. The van der Waals surface area contributed by atoms with E-state index in [0.717, 1.165) is 44.6 Å². The quantitative estimate of drug-likeness (QED) is 0.417. The van der Waals surface area contributed by atoms with E-state index in [0.29, 0.717) is 18.9 Å². The van der Waals surface area contributed by atoms with Gasteiger partial charge >= 0.3 is 0 Å². The first-order chi connectivity index (χ1) is 11.6. The van der Waals surface area contributed by atoms with E-state index in [4.69, 9.17) is 0 Å². The number of amides is 1. The minimum Gasteiger partial charge on any atom is -0.385 e. The molecule has 0 atom stereocenters. The highest BCUT2D eigenvalue weighted by Gasteiger charge is 2.21. The lowest BCUT2D eigenvalue weighted by molar-refractivity contribution is -0.384. The van der Waals surface area contributed by atoms with Gasteiger partial charge < -0.3 is 15.5 Å². The van der Waals surface area contributed by atoms with Crippen LogP contribution < -0.4 is 10.6 Å². The molecule has 1 aliphatic rings. The molecule has 25 heavy (non-hydrogen) atoms. The lowest BCUT2D eigenvalue weighted by atomic mass is 9.96. The predicted molar refractivity (Wildman–Crippen MR) is 101 cm³/mol. The van der Waals surface area contributed by atoms with E-state index < -0.39 is 4.92 Å². The number of carbonyl (C=O) groups excluding carboxylic acids is 1. The van der Waals surface area contributed by atoms with E-state index >= 15 is 0 Å². The van der Waals surface area contributed by atoms with Crippen molar-refractivity contribution in [1.82, 2.24) is 10.2 Å². The van der Waals surface area contributed by atoms with Crippen LogP contribution in [0, 0.1) is 16.0 Å². The molecule has 2 N–H and O–H groups in total. The van der Waals surface area contributed by atoms with Crippen LogP contribution in [0.5, 0.6) is 0 Å². The van der Waals surface area contributed by atoms with Crippen LogP contribution >= 0.6 is 12.4 Å². The number of piperidine rings is 1. The lowest BCUT2D eigenvalue weighted by Crippen LogP contribution is -2.40. The standard InChI is InChI=1S/C17H26N4O3.ClH/c1-18-13-14-8-11-20(12-9-14)17(22)3-2-10-19-15-4-6-16(7-5-15)21(23)24;/h4-7,14,18-19H,2-3,8-13H2,1H3;1H. The number of nitro groups is 1. The monoisotopic (exact) mass is 370 g/mol. The third-order valence-electron chi connectivity index (χ3n) is 4.43. The maximum absolute atomic E-state index is 12.2. The molecule has 1 amide bonds. The summed E-state index contributed by atoms with van der Waals surface area (Å²) in [5.74, 6) is 0.909. The Balaban J connectivity index is 0.00000312. The van der Waals surface area contributed by atoms with Gasteiger partial charge in [0.25, 0.3) is 5.69 Å². The van der Waals surface area contributed by atoms with Crippen LogP contribution in [0.1, 0.15) is 25.7 Å². The average molecular weight is 371 g/mol. The zero-order chi connectivity index (χ0) is 17.4. The van der Waals surface area contributed by atoms with Crippen molar-refractivity contribution in [2.24, 2.45) is 5.92 Å². The second-order valence-electron chi connectivity index (χ2n) is 6.22. The number of hydrogen-bond acceptors (Lipinski definition) is 5. The van der Waals surface area contributed by atoms with Gasteiger partial charge in [0.2, 0.25) is 5.91 Å². The van der Waals surface area contributed by atoms with E-state index in [1.807, 2.05) is 11.9 Å². The van der Waals surface area contributed by atoms with E-state index in [2.05, 4.69) is 10.6 Å². The zero-order valence-electron chi connectivity index (χ0n) is 14.6. The summed E-state index contributed by atoms with van der Waals surface area (Å²) in [6.45, 7) is 3.43. The highest BCUT2D eigenvalue weighted by Crippen LogP contribution is 2.18. The van der Waals surface area contributed by atoms with Gasteiger partial charge in [0.05, 0.1) is 4.92 Å². The molecule has 1 heterocycles. The minimum atomic E-state index is -0.414. The maximum atomic E-state index is 12.2. The molecule has 8 heteroatoms. The molecule has 1 aromatic rings. The Morgan fingerprint density at radius 2 is 1.92 bits per heavy atom. The molecular weight excluding hydrogens is 344 g/mol. The Hall–Kier alpha value is -1.86. The number of carbonyl (C=O) groups is 1. The zero-order valence-corrected chi connectivity index (χ0v) is 15.4. The van der Waals surface area contributed by atoms with E-state index in [9.17, 15) is 14.9 Å². The normalized spacial score (nSPS) is 14.7. The summed E-state index contributed by atoms with van der Waals surface area (Å²) >= 11 is 0. The Labute approximate surface area is 154 Å². The predicted octanol–water partition coefficient (Wildman–Crippen LogP) is 2.67. The lowest BCUT2D eigenvalue weighted by Gasteiger charge is -2.32. The molecular formula is C17H27ClN4O3. The van der Waals surface area contributed by atoms with Crippen LogP contribution in [0.25, 0.3) is 0 Å². The summed E-state index contributed by atoms with van der Waals surface area (Å²) in [6, 6.07) is 6.32. The number of likely N-dealkylation sites (tertiary alicyclic amines) is 1. The van der Waals surface area contributed by atoms with Crippen LogP contribution in [0.3, 0.4) is 0 Å². The molecule has 7 nitrogen and oxygen atoms in total. The highest BCUT2D eigenvalue weighted by atomic mass is 35.5. The topological polar surface area (TPSA) is 87.5 Å². The van der Waals surface area contributed by atoms with Gasteiger partial charge in [-0.15, -0.1) is 12.4 Å².